The summed E-state index contributed by atoms with van der Waals surface area (Å²) in [6.45, 7) is 1.86. The summed E-state index contributed by atoms with van der Waals surface area (Å²) in [6.07, 6.45) is 2.66. The molecule has 0 bridgehead atoms. The third kappa shape index (κ3) is 3.38. The number of methoxy groups -OCH3 is 1. The minimum atomic E-state index is -3.50. The lowest BCUT2D eigenvalue weighted by atomic mass is 10.1. The molecule has 3 atom stereocenters. The van der Waals surface area contributed by atoms with Gasteiger partial charge >= 0.3 is 0 Å². The van der Waals surface area contributed by atoms with Crippen LogP contribution in [0.4, 0.5) is 0 Å². The maximum atomic E-state index is 12.3. The van der Waals surface area contributed by atoms with Crippen molar-refractivity contribution in [1.29, 1.82) is 0 Å². The zero-order valence-electron chi connectivity index (χ0n) is 11.9. The molecule has 1 aliphatic carbocycles. The van der Waals surface area contributed by atoms with Crippen LogP contribution in [-0.2, 0) is 14.8 Å². The van der Waals surface area contributed by atoms with Crippen molar-refractivity contribution in [3.8, 4) is 0 Å². The monoisotopic (exact) mass is 298 g/mol. The van der Waals surface area contributed by atoms with Crippen LogP contribution in [0, 0.1) is 0 Å². The molecule has 5 nitrogen and oxygen atoms in total. The van der Waals surface area contributed by atoms with Crippen molar-refractivity contribution in [2.75, 3.05) is 7.11 Å². The van der Waals surface area contributed by atoms with Gasteiger partial charge in [0.1, 0.15) is 0 Å². The van der Waals surface area contributed by atoms with E-state index >= 15 is 0 Å². The first-order chi connectivity index (χ1) is 9.44. The fourth-order valence-electron chi connectivity index (χ4n) is 2.56. The van der Waals surface area contributed by atoms with Crippen LogP contribution in [-0.4, -0.2) is 27.7 Å². The van der Waals surface area contributed by atoms with Gasteiger partial charge in [-0.25, -0.2) is 13.1 Å². The van der Waals surface area contributed by atoms with Gasteiger partial charge in [-0.05, 0) is 43.9 Å². The second kappa shape index (κ2) is 6.22. The maximum Gasteiger partial charge on any atom is 0.240 e. The van der Waals surface area contributed by atoms with Crippen LogP contribution in [0.3, 0.4) is 0 Å². The first-order valence-electron chi connectivity index (χ1n) is 6.84. The van der Waals surface area contributed by atoms with Gasteiger partial charge in [-0.2, -0.15) is 0 Å². The van der Waals surface area contributed by atoms with Gasteiger partial charge in [0.2, 0.25) is 10.0 Å². The largest absolute Gasteiger partial charge is 0.380 e. The molecule has 20 heavy (non-hydrogen) atoms. The molecule has 0 spiro atoms. The lowest BCUT2D eigenvalue weighted by molar-refractivity contribution is 0.0916. The standard InChI is InChI=1S/C14H22N2O3S/c1-10(15)11-6-8-12(9-7-11)20(17,18)16-13-4-3-5-14(13)19-2/h6-10,13-14,16H,3-5,15H2,1-2H3. The molecule has 0 radical (unpaired) electrons. The van der Waals surface area contributed by atoms with E-state index in [1.165, 1.54) is 0 Å². The summed E-state index contributed by atoms with van der Waals surface area (Å²) in [5.74, 6) is 0. The molecule has 0 amide bonds. The van der Waals surface area contributed by atoms with Crippen LogP contribution in [0.1, 0.15) is 37.8 Å². The molecular weight excluding hydrogens is 276 g/mol. The summed E-state index contributed by atoms with van der Waals surface area (Å²) in [5, 5.41) is 0. The number of hydrogen-bond acceptors (Lipinski definition) is 4. The predicted octanol–water partition coefficient (Wildman–Crippen LogP) is 1.55. The van der Waals surface area contributed by atoms with Gasteiger partial charge in [-0.3, -0.25) is 0 Å². The SMILES string of the molecule is COC1CCCC1NS(=O)(=O)c1ccc(C(C)N)cc1. The Bertz CT molecular complexity index is 540. The van der Waals surface area contributed by atoms with E-state index < -0.39 is 10.0 Å². The molecule has 112 valence electrons. The van der Waals surface area contributed by atoms with Crippen molar-refractivity contribution in [2.24, 2.45) is 5.73 Å². The van der Waals surface area contributed by atoms with E-state index in [0.717, 1.165) is 24.8 Å². The minimum absolute atomic E-state index is 0.0342. The topological polar surface area (TPSA) is 81.4 Å². The first kappa shape index (κ1) is 15.4. The molecule has 6 heteroatoms. The Labute approximate surface area is 120 Å². The van der Waals surface area contributed by atoms with Crippen LogP contribution in [0.5, 0.6) is 0 Å². The number of sulfonamides is 1. The lowest BCUT2D eigenvalue weighted by Gasteiger charge is -2.19. The Morgan fingerprint density at radius 2 is 1.95 bits per heavy atom. The highest BCUT2D eigenvalue weighted by Gasteiger charge is 2.31. The summed E-state index contributed by atoms with van der Waals surface area (Å²) in [7, 11) is -1.88. The van der Waals surface area contributed by atoms with Crippen molar-refractivity contribution >= 4 is 10.0 Å². The molecule has 3 unspecified atom stereocenters. The molecule has 0 aromatic heterocycles. The van der Waals surface area contributed by atoms with Gasteiger partial charge in [0, 0.05) is 19.2 Å². The third-order valence-corrected chi connectivity index (χ3v) is 5.28. The summed E-state index contributed by atoms with van der Waals surface area (Å²) in [4.78, 5) is 0.267. The number of nitrogens with one attached hydrogen (secondary N) is 1. The van der Waals surface area contributed by atoms with Crippen molar-refractivity contribution in [1.82, 2.24) is 4.72 Å². The number of nitrogens with two attached hydrogens (primary N) is 1. The fourth-order valence-corrected chi connectivity index (χ4v) is 3.86. The Balaban J connectivity index is 2.13. The van der Waals surface area contributed by atoms with Crippen LogP contribution in [0.15, 0.2) is 29.2 Å². The maximum absolute atomic E-state index is 12.3. The zero-order valence-corrected chi connectivity index (χ0v) is 12.7. The molecule has 1 aliphatic rings. The van der Waals surface area contributed by atoms with Gasteiger partial charge in [0.15, 0.2) is 0 Å². The predicted molar refractivity (Wildman–Crippen MR) is 77.8 cm³/mol. The molecule has 0 heterocycles. The number of benzene rings is 1. The van der Waals surface area contributed by atoms with Crippen molar-refractivity contribution < 1.29 is 13.2 Å². The fraction of sp³-hybridized carbons (Fsp3) is 0.571. The molecule has 1 fully saturated rings. The van der Waals surface area contributed by atoms with E-state index in [2.05, 4.69) is 4.72 Å². The number of hydrogen-bond donors (Lipinski definition) is 2. The first-order valence-corrected chi connectivity index (χ1v) is 8.33. The number of ether oxygens (including phenoxy) is 1. The van der Waals surface area contributed by atoms with Crippen molar-refractivity contribution in [3.05, 3.63) is 29.8 Å². The highest BCUT2D eigenvalue weighted by atomic mass is 32.2. The zero-order chi connectivity index (χ0) is 14.8. The number of rotatable bonds is 5. The van der Waals surface area contributed by atoms with Gasteiger partial charge in [-0.1, -0.05) is 12.1 Å². The minimum Gasteiger partial charge on any atom is -0.380 e. The van der Waals surface area contributed by atoms with Gasteiger partial charge < -0.3 is 10.5 Å². The Kier molecular flexibility index (Phi) is 4.80. The highest BCUT2D eigenvalue weighted by Crippen LogP contribution is 2.23. The van der Waals surface area contributed by atoms with Crippen LogP contribution in [0.2, 0.25) is 0 Å². The third-order valence-electron chi connectivity index (χ3n) is 3.78. The summed E-state index contributed by atoms with van der Waals surface area (Å²) >= 11 is 0. The normalized spacial score (nSPS) is 24.8. The lowest BCUT2D eigenvalue weighted by Crippen LogP contribution is -2.40. The summed E-state index contributed by atoms with van der Waals surface area (Å²) in [5.41, 5.74) is 6.68. The molecule has 0 aliphatic heterocycles. The highest BCUT2D eigenvalue weighted by molar-refractivity contribution is 7.89. The second-order valence-electron chi connectivity index (χ2n) is 5.29. The average molecular weight is 298 g/mol. The Morgan fingerprint density at radius 1 is 1.30 bits per heavy atom. The van der Waals surface area contributed by atoms with E-state index in [0.29, 0.717) is 0 Å². The molecule has 1 aromatic carbocycles. The van der Waals surface area contributed by atoms with E-state index in [-0.39, 0.29) is 23.1 Å². The molecular formula is C14H22N2O3S. The average Bonchev–Trinajstić information content (AvgIpc) is 2.85. The van der Waals surface area contributed by atoms with E-state index in [9.17, 15) is 8.42 Å². The van der Waals surface area contributed by atoms with Crippen LogP contribution < -0.4 is 10.5 Å². The van der Waals surface area contributed by atoms with Crippen molar-refractivity contribution in [2.45, 2.75) is 49.3 Å². The molecule has 1 saturated carbocycles. The van der Waals surface area contributed by atoms with E-state index in [4.69, 9.17) is 10.5 Å². The summed E-state index contributed by atoms with van der Waals surface area (Å²) in [6, 6.07) is 6.45. The molecule has 0 saturated heterocycles. The summed E-state index contributed by atoms with van der Waals surface area (Å²) < 4.78 is 32.7. The van der Waals surface area contributed by atoms with Gasteiger partial charge in [-0.15, -0.1) is 0 Å². The van der Waals surface area contributed by atoms with Crippen LogP contribution >= 0.6 is 0 Å². The Hall–Kier alpha value is -0.950. The van der Waals surface area contributed by atoms with E-state index in [1.807, 2.05) is 6.92 Å². The molecule has 1 aromatic rings. The Morgan fingerprint density at radius 3 is 2.50 bits per heavy atom. The van der Waals surface area contributed by atoms with Crippen LogP contribution in [0.25, 0.3) is 0 Å². The molecule has 3 N–H and O–H groups in total. The molecule has 2 rings (SSSR count). The van der Waals surface area contributed by atoms with E-state index in [1.54, 1.807) is 31.4 Å². The quantitative estimate of drug-likeness (QED) is 0.864. The van der Waals surface area contributed by atoms with Gasteiger partial charge in [0.05, 0.1) is 11.0 Å². The van der Waals surface area contributed by atoms with Crippen molar-refractivity contribution in [3.63, 3.8) is 0 Å². The van der Waals surface area contributed by atoms with Gasteiger partial charge in [0.25, 0.3) is 0 Å². The smallest absolute Gasteiger partial charge is 0.240 e. The second-order valence-corrected chi connectivity index (χ2v) is 7.00.